The van der Waals surface area contributed by atoms with Crippen LogP contribution in [-0.2, 0) is 20.2 Å². The van der Waals surface area contributed by atoms with Crippen molar-refractivity contribution in [3.63, 3.8) is 0 Å². The monoisotopic (exact) mass is 408 g/mol. The van der Waals surface area contributed by atoms with E-state index in [1.807, 2.05) is 25.2 Å². The molecule has 0 unspecified atom stereocenters. The molecule has 0 fully saturated rings. The van der Waals surface area contributed by atoms with E-state index in [1.54, 1.807) is 28.6 Å². The van der Waals surface area contributed by atoms with Crippen LogP contribution in [0.5, 0.6) is 5.75 Å². The molecule has 0 aliphatic heterocycles. The molecule has 144 valence electrons. The maximum absolute atomic E-state index is 12.9. The van der Waals surface area contributed by atoms with Crippen molar-refractivity contribution in [1.82, 2.24) is 25.5 Å². The summed E-state index contributed by atoms with van der Waals surface area (Å²) in [6.45, 7) is 2.02. The van der Waals surface area contributed by atoms with Gasteiger partial charge in [0, 0.05) is 25.9 Å². The smallest absolute Gasteiger partial charge is 0.209 e. The Morgan fingerprint density at radius 1 is 1.15 bits per heavy atom. The van der Waals surface area contributed by atoms with E-state index in [-0.39, 0.29) is 18.2 Å². The summed E-state index contributed by atoms with van der Waals surface area (Å²) in [6.07, 6.45) is 0. The van der Waals surface area contributed by atoms with Crippen LogP contribution >= 0.6 is 11.8 Å². The fourth-order valence-electron chi connectivity index (χ4n) is 2.28. The first-order chi connectivity index (χ1) is 12.7. The van der Waals surface area contributed by atoms with Crippen molar-refractivity contribution in [2.45, 2.75) is 18.3 Å². The number of rotatable bonds is 9. The molecule has 0 spiro atoms. The summed E-state index contributed by atoms with van der Waals surface area (Å²) in [5.74, 6) is 1.44. The second-order valence-corrected chi connectivity index (χ2v) is 6.73. The van der Waals surface area contributed by atoms with E-state index in [9.17, 15) is 4.39 Å². The van der Waals surface area contributed by atoms with Gasteiger partial charge < -0.3 is 22.5 Å². The Morgan fingerprint density at radius 3 is 2.70 bits per heavy atom. The normalized spacial score (nSPS) is 10.4. The molecule has 0 saturated heterocycles. The van der Waals surface area contributed by atoms with Crippen molar-refractivity contribution in [3.8, 4) is 5.75 Å². The summed E-state index contributed by atoms with van der Waals surface area (Å²) in [5, 5.41) is 15.5. The number of tetrazole rings is 1. The van der Waals surface area contributed by atoms with Gasteiger partial charge in [0.2, 0.25) is 5.16 Å². The number of hydrogen-bond acceptors (Lipinski definition) is 6. The van der Waals surface area contributed by atoms with Crippen LogP contribution in [0.25, 0.3) is 0 Å². The molecule has 6 nitrogen and oxygen atoms in total. The number of benzene rings is 2. The predicted octanol–water partition coefficient (Wildman–Crippen LogP) is -0.186. The van der Waals surface area contributed by atoms with Gasteiger partial charge in [-0.1, -0.05) is 36.0 Å². The molecule has 0 aliphatic carbocycles. The highest BCUT2D eigenvalue weighted by Crippen LogP contribution is 2.16. The summed E-state index contributed by atoms with van der Waals surface area (Å²) in [7, 11) is 1.83. The van der Waals surface area contributed by atoms with E-state index in [0.29, 0.717) is 6.61 Å². The van der Waals surface area contributed by atoms with E-state index in [2.05, 4.69) is 26.9 Å². The Morgan fingerprint density at radius 2 is 1.96 bits per heavy atom. The zero-order valence-corrected chi connectivity index (χ0v) is 16.4. The third kappa shape index (κ3) is 6.82. The lowest BCUT2D eigenvalue weighted by molar-refractivity contribution is -0.00000650. The Balaban J connectivity index is 0.00000261. The number of nitrogens with zero attached hydrogens (tertiary/aromatic N) is 4. The second-order valence-electron chi connectivity index (χ2n) is 5.67. The topological polar surface area (TPSA) is 64.9 Å². The highest BCUT2D eigenvalue weighted by atomic mass is 35.5. The molecule has 0 bridgehead atoms. The van der Waals surface area contributed by atoms with Gasteiger partial charge in [-0.3, -0.25) is 0 Å². The molecule has 1 N–H and O–H groups in total. The van der Waals surface area contributed by atoms with Gasteiger partial charge in [0.05, 0.1) is 0 Å². The van der Waals surface area contributed by atoms with Crippen LogP contribution < -0.4 is 22.5 Å². The fourth-order valence-corrected chi connectivity index (χ4v) is 3.03. The molecule has 0 amide bonds. The van der Waals surface area contributed by atoms with Crippen LogP contribution in [0.4, 0.5) is 4.39 Å². The van der Waals surface area contributed by atoms with Gasteiger partial charge >= 0.3 is 0 Å². The minimum atomic E-state index is -0.240. The molecular formula is C18H20ClFN5OS-. The first kappa shape index (κ1) is 21.1. The molecule has 1 aromatic heterocycles. The maximum atomic E-state index is 12.9. The van der Waals surface area contributed by atoms with Gasteiger partial charge in [0.1, 0.15) is 18.2 Å². The van der Waals surface area contributed by atoms with Crippen LogP contribution in [0.15, 0.2) is 53.7 Å². The van der Waals surface area contributed by atoms with Crippen molar-refractivity contribution in [3.05, 3.63) is 65.5 Å². The first-order valence-electron chi connectivity index (χ1n) is 8.23. The van der Waals surface area contributed by atoms with E-state index >= 15 is 0 Å². The van der Waals surface area contributed by atoms with E-state index < -0.39 is 0 Å². The standard InChI is InChI=1S/C18H20FN5OS.ClH/c1-24-18(21-22-23-24)26-10-9-20-12-15-3-2-4-17(11-15)25-13-14-5-7-16(19)8-6-14;/h2-8,11,20H,9-10,12-13H2,1H3;1H/p-1. The maximum Gasteiger partial charge on any atom is 0.209 e. The molecule has 9 heteroatoms. The van der Waals surface area contributed by atoms with Gasteiger partial charge in [0.15, 0.2) is 0 Å². The Kier molecular flexibility index (Phi) is 8.50. The lowest BCUT2D eigenvalue weighted by atomic mass is 10.2. The van der Waals surface area contributed by atoms with Crippen LogP contribution in [0, 0.1) is 5.82 Å². The van der Waals surface area contributed by atoms with Gasteiger partial charge in [-0.25, -0.2) is 9.07 Å². The van der Waals surface area contributed by atoms with Crippen molar-refractivity contribution in [1.29, 1.82) is 0 Å². The highest BCUT2D eigenvalue weighted by molar-refractivity contribution is 7.99. The molecule has 27 heavy (non-hydrogen) atoms. The first-order valence-corrected chi connectivity index (χ1v) is 9.21. The lowest BCUT2D eigenvalue weighted by Crippen LogP contribution is -3.00. The van der Waals surface area contributed by atoms with Gasteiger partial charge in [0.25, 0.3) is 0 Å². The zero-order chi connectivity index (χ0) is 18.2. The number of halogens is 2. The number of hydrogen-bond donors (Lipinski definition) is 1. The Bertz CT molecular complexity index is 831. The second kappa shape index (κ2) is 10.9. The quantitative estimate of drug-likeness (QED) is 0.391. The highest BCUT2D eigenvalue weighted by Gasteiger charge is 2.02. The number of aryl methyl sites for hydroxylation is 1. The molecule has 2 aromatic carbocycles. The van der Waals surface area contributed by atoms with Crippen molar-refractivity contribution in [2.24, 2.45) is 7.05 Å². The molecule has 1 heterocycles. The van der Waals surface area contributed by atoms with Crippen molar-refractivity contribution >= 4 is 11.8 Å². The molecule has 3 aromatic rings. The fraction of sp³-hybridized carbons (Fsp3) is 0.278. The van der Waals surface area contributed by atoms with Crippen LogP contribution in [-0.4, -0.2) is 32.5 Å². The molecule has 3 rings (SSSR count). The molecule has 0 aliphatic rings. The van der Waals surface area contributed by atoms with Gasteiger partial charge in [-0.15, -0.1) is 5.10 Å². The number of nitrogens with one attached hydrogen (secondary N) is 1. The average Bonchev–Trinajstić information content (AvgIpc) is 3.06. The Hall–Kier alpha value is -2.16. The largest absolute Gasteiger partial charge is 1.00 e. The zero-order valence-electron chi connectivity index (χ0n) is 14.8. The average molecular weight is 409 g/mol. The molecule has 0 saturated carbocycles. The minimum Gasteiger partial charge on any atom is -1.00 e. The van der Waals surface area contributed by atoms with Crippen molar-refractivity contribution in [2.75, 3.05) is 12.3 Å². The summed E-state index contributed by atoms with van der Waals surface area (Å²) in [5.41, 5.74) is 2.08. The van der Waals surface area contributed by atoms with Crippen molar-refractivity contribution < 1.29 is 21.5 Å². The van der Waals surface area contributed by atoms with E-state index in [4.69, 9.17) is 4.74 Å². The number of thioether (sulfide) groups is 1. The number of aromatic nitrogens is 4. The Labute approximate surface area is 167 Å². The van der Waals surface area contributed by atoms with E-state index in [0.717, 1.165) is 40.9 Å². The van der Waals surface area contributed by atoms with E-state index in [1.165, 1.54) is 12.1 Å². The van der Waals surface area contributed by atoms with Gasteiger partial charge in [-0.2, -0.15) is 0 Å². The number of ether oxygens (including phenoxy) is 1. The third-order valence-electron chi connectivity index (χ3n) is 3.64. The predicted molar refractivity (Wildman–Crippen MR) is 98.4 cm³/mol. The SMILES string of the molecule is Cn1nnnc1SCCNCc1cccc(OCc2ccc(F)cc2)c1.[Cl-]. The third-order valence-corrected chi connectivity index (χ3v) is 4.65. The summed E-state index contributed by atoms with van der Waals surface area (Å²) in [4.78, 5) is 0. The summed E-state index contributed by atoms with van der Waals surface area (Å²) < 4.78 is 20.4. The molecule has 0 atom stereocenters. The van der Waals surface area contributed by atoms with Crippen LogP contribution in [0.3, 0.4) is 0 Å². The molecule has 0 radical (unpaired) electrons. The van der Waals surface area contributed by atoms with Crippen LogP contribution in [0.1, 0.15) is 11.1 Å². The minimum absolute atomic E-state index is 0. The summed E-state index contributed by atoms with van der Waals surface area (Å²) >= 11 is 1.61. The van der Waals surface area contributed by atoms with Crippen LogP contribution in [0.2, 0.25) is 0 Å². The molecular weight excluding hydrogens is 389 g/mol. The lowest BCUT2D eigenvalue weighted by Gasteiger charge is -2.09. The summed E-state index contributed by atoms with van der Waals surface area (Å²) in [6, 6.07) is 14.3. The van der Waals surface area contributed by atoms with Gasteiger partial charge in [-0.05, 0) is 45.8 Å².